The fourth-order valence-electron chi connectivity index (χ4n) is 3.35. The largest absolute Gasteiger partial charge is 0.460 e. The van der Waals surface area contributed by atoms with Gasteiger partial charge in [0.15, 0.2) is 0 Å². The maximum atomic E-state index is 11.8. The van der Waals surface area contributed by atoms with Gasteiger partial charge in [-0.15, -0.1) is 6.58 Å². The Bertz CT molecular complexity index is 352. The molecular formula is C24H48NO2+. The van der Waals surface area contributed by atoms with Gasteiger partial charge in [0.25, 0.3) is 0 Å². The van der Waals surface area contributed by atoms with Gasteiger partial charge < -0.3 is 9.22 Å². The summed E-state index contributed by atoms with van der Waals surface area (Å²) in [7, 11) is 4.49. The first kappa shape index (κ1) is 26.2. The summed E-state index contributed by atoms with van der Waals surface area (Å²) in [6, 6.07) is 0. The number of likely N-dealkylation sites (N-methyl/N-ethyl adjacent to an activating group) is 1. The van der Waals surface area contributed by atoms with Crippen LogP contribution in [-0.2, 0) is 9.53 Å². The molecule has 0 amide bonds. The van der Waals surface area contributed by atoms with Crippen LogP contribution in [0.5, 0.6) is 0 Å². The van der Waals surface area contributed by atoms with Crippen molar-refractivity contribution in [3.05, 3.63) is 12.7 Å². The molecular weight excluding hydrogens is 334 g/mol. The molecule has 0 saturated carbocycles. The number of carbonyl (C=O) groups excluding carboxylic acids is 1. The first-order valence-electron chi connectivity index (χ1n) is 11.6. The van der Waals surface area contributed by atoms with Gasteiger partial charge in [-0.1, -0.05) is 70.8 Å². The summed E-state index contributed by atoms with van der Waals surface area (Å²) in [4.78, 5) is 11.8. The van der Waals surface area contributed by atoms with Crippen LogP contribution in [0.2, 0.25) is 0 Å². The highest BCUT2D eigenvalue weighted by atomic mass is 16.5. The summed E-state index contributed by atoms with van der Waals surface area (Å²) in [5, 5.41) is 0. The van der Waals surface area contributed by atoms with Crippen LogP contribution in [0.3, 0.4) is 0 Å². The number of ether oxygens (including phenoxy) is 1. The summed E-state index contributed by atoms with van der Waals surface area (Å²) >= 11 is 0. The Balaban J connectivity index is 3.50. The number of nitrogens with zero attached hydrogens (tertiary/aromatic N) is 1. The molecule has 0 aliphatic heterocycles. The molecule has 0 N–H and O–H groups in total. The third kappa shape index (κ3) is 19.7. The number of esters is 1. The molecule has 0 spiro atoms. The van der Waals surface area contributed by atoms with E-state index in [1.165, 1.54) is 77.2 Å². The molecule has 0 unspecified atom stereocenters. The molecule has 0 fully saturated rings. The minimum atomic E-state index is -0.0161. The van der Waals surface area contributed by atoms with Crippen LogP contribution in [0.1, 0.15) is 103 Å². The summed E-state index contributed by atoms with van der Waals surface area (Å²) in [5.74, 6) is -0.0161. The van der Waals surface area contributed by atoms with Gasteiger partial charge in [0.1, 0.15) is 13.2 Å². The topological polar surface area (TPSA) is 26.3 Å². The normalized spacial score (nSPS) is 11.5. The van der Waals surface area contributed by atoms with E-state index in [1.807, 2.05) is 6.08 Å². The van der Waals surface area contributed by atoms with Crippen LogP contribution in [0.15, 0.2) is 12.7 Å². The van der Waals surface area contributed by atoms with Crippen molar-refractivity contribution in [1.82, 2.24) is 0 Å². The maximum absolute atomic E-state index is 11.8. The van der Waals surface area contributed by atoms with Gasteiger partial charge in [-0.3, -0.25) is 4.79 Å². The van der Waals surface area contributed by atoms with Gasteiger partial charge in [0.05, 0.1) is 20.6 Å². The molecule has 160 valence electrons. The summed E-state index contributed by atoms with van der Waals surface area (Å²) in [6.45, 7) is 8.67. The predicted molar refractivity (Wildman–Crippen MR) is 118 cm³/mol. The molecule has 27 heavy (non-hydrogen) atoms. The standard InChI is InChI=1S/C24H48NO2/c1-5-7-9-11-13-14-16-18-20-24(26)27-23-22-25(3,4)21-19-17-15-12-10-8-6-2/h5H,1,6-23H2,2-4H3/q+1. The lowest BCUT2D eigenvalue weighted by Crippen LogP contribution is -2.43. The second kappa shape index (κ2) is 18.5. The number of unbranched alkanes of at least 4 members (excludes halogenated alkanes) is 12. The Morgan fingerprint density at radius 1 is 0.815 bits per heavy atom. The number of hydrogen-bond donors (Lipinski definition) is 0. The van der Waals surface area contributed by atoms with Crippen molar-refractivity contribution < 1.29 is 14.0 Å². The van der Waals surface area contributed by atoms with Crippen molar-refractivity contribution >= 4 is 5.97 Å². The highest BCUT2D eigenvalue weighted by Gasteiger charge is 2.15. The molecule has 0 heterocycles. The number of rotatable bonds is 20. The summed E-state index contributed by atoms with van der Waals surface area (Å²) < 4.78 is 6.40. The van der Waals surface area contributed by atoms with Crippen LogP contribution in [0, 0.1) is 0 Å². The molecule has 0 radical (unpaired) electrons. The molecule has 0 saturated heterocycles. The molecule has 0 rings (SSSR count). The summed E-state index contributed by atoms with van der Waals surface area (Å²) in [6.07, 6.45) is 20.3. The minimum Gasteiger partial charge on any atom is -0.460 e. The third-order valence-corrected chi connectivity index (χ3v) is 5.37. The van der Waals surface area contributed by atoms with E-state index in [0.29, 0.717) is 13.0 Å². The van der Waals surface area contributed by atoms with E-state index < -0.39 is 0 Å². The van der Waals surface area contributed by atoms with Gasteiger partial charge in [-0.25, -0.2) is 0 Å². The van der Waals surface area contributed by atoms with Crippen molar-refractivity contribution in [3.63, 3.8) is 0 Å². The number of hydrogen-bond acceptors (Lipinski definition) is 2. The van der Waals surface area contributed by atoms with Gasteiger partial charge in [0.2, 0.25) is 0 Å². The quantitative estimate of drug-likeness (QED) is 0.102. The molecule has 0 bridgehead atoms. The molecule has 0 aromatic carbocycles. The van der Waals surface area contributed by atoms with Crippen LogP contribution >= 0.6 is 0 Å². The second-order valence-corrected chi connectivity index (χ2v) is 8.67. The highest BCUT2D eigenvalue weighted by molar-refractivity contribution is 5.69. The van der Waals surface area contributed by atoms with Gasteiger partial charge in [0, 0.05) is 6.42 Å². The highest BCUT2D eigenvalue weighted by Crippen LogP contribution is 2.11. The SMILES string of the molecule is C=CCCCCCCCCC(=O)OCC[N+](C)(C)CCCCCCCCC. The first-order valence-corrected chi connectivity index (χ1v) is 11.6. The Hall–Kier alpha value is -0.830. The monoisotopic (exact) mass is 382 g/mol. The van der Waals surface area contributed by atoms with Crippen LogP contribution in [0.4, 0.5) is 0 Å². The van der Waals surface area contributed by atoms with Crippen LogP contribution in [-0.4, -0.2) is 44.2 Å². The van der Waals surface area contributed by atoms with Crippen molar-refractivity contribution in [2.45, 2.75) is 103 Å². The zero-order valence-corrected chi connectivity index (χ0v) is 18.8. The number of quaternary nitrogens is 1. The molecule has 0 aromatic rings. The molecule has 0 aromatic heterocycles. The maximum Gasteiger partial charge on any atom is 0.305 e. The zero-order chi connectivity index (χ0) is 20.2. The van der Waals surface area contributed by atoms with Crippen molar-refractivity contribution in [2.75, 3.05) is 33.8 Å². The van der Waals surface area contributed by atoms with Crippen molar-refractivity contribution in [3.8, 4) is 0 Å². The molecule has 0 aliphatic rings. The van der Waals surface area contributed by atoms with E-state index >= 15 is 0 Å². The Morgan fingerprint density at radius 2 is 1.37 bits per heavy atom. The van der Waals surface area contributed by atoms with E-state index in [4.69, 9.17) is 4.74 Å². The molecule has 0 atom stereocenters. The van der Waals surface area contributed by atoms with Crippen LogP contribution in [0.25, 0.3) is 0 Å². The van der Waals surface area contributed by atoms with E-state index in [9.17, 15) is 4.79 Å². The van der Waals surface area contributed by atoms with Gasteiger partial charge in [-0.05, 0) is 32.1 Å². The van der Waals surface area contributed by atoms with E-state index in [0.717, 1.165) is 30.3 Å². The Morgan fingerprint density at radius 3 is 2.00 bits per heavy atom. The third-order valence-electron chi connectivity index (χ3n) is 5.37. The average molecular weight is 383 g/mol. The molecule has 0 aliphatic carbocycles. The van der Waals surface area contributed by atoms with Gasteiger partial charge in [-0.2, -0.15) is 0 Å². The summed E-state index contributed by atoms with van der Waals surface area (Å²) in [5.41, 5.74) is 0. The van der Waals surface area contributed by atoms with Crippen LogP contribution < -0.4 is 0 Å². The first-order chi connectivity index (χ1) is 13.0. The lowest BCUT2D eigenvalue weighted by Gasteiger charge is -2.29. The Kier molecular flexibility index (Phi) is 18.0. The van der Waals surface area contributed by atoms with Crippen molar-refractivity contribution in [2.24, 2.45) is 0 Å². The lowest BCUT2D eigenvalue weighted by molar-refractivity contribution is -0.890. The van der Waals surface area contributed by atoms with E-state index in [2.05, 4.69) is 27.6 Å². The zero-order valence-electron chi connectivity index (χ0n) is 18.8. The molecule has 3 nitrogen and oxygen atoms in total. The minimum absolute atomic E-state index is 0.0161. The molecule has 3 heteroatoms. The lowest BCUT2D eigenvalue weighted by atomic mass is 10.1. The smallest absolute Gasteiger partial charge is 0.305 e. The van der Waals surface area contributed by atoms with E-state index in [-0.39, 0.29) is 5.97 Å². The fraction of sp³-hybridized carbons (Fsp3) is 0.875. The predicted octanol–water partition coefficient (Wildman–Crippen LogP) is 6.66. The average Bonchev–Trinajstić information content (AvgIpc) is 2.63. The Labute approximate surface area is 170 Å². The number of allylic oxidation sites excluding steroid dienone is 1. The number of carbonyl (C=O) groups is 1. The second-order valence-electron chi connectivity index (χ2n) is 8.67. The van der Waals surface area contributed by atoms with Crippen molar-refractivity contribution in [1.29, 1.82) is 0 Å². The fourth-order valence-corrected chi connectivity index (χ4v) is 3.35. The van der Waals surface area contributed by atoms with E-state index in [1.54, 1.807) is 0 Å². The van der Waals surface area contributed by atoms with Gasteiger partial charge >= 0.3 is 5.97 Å².